The number of piperidine rings is 1. The summed E-state index contributed by atoms with van der Waals surface area (Å²) in [5.74, 6) is -0.993. The average molecular weight is 368 g/mol. The van der Waals surface area contributed by atoms with Gasteiger partial charge in [0.15, 0.2) is 0 Å². The second-order valence-electron chi connectivity index (χ2n) is 6.20. The summed E-state index contributed by atoms with van der Waals surface area (Å²) < 4.78 is 29.6. The molecule has 1 N–H and O–H groups in total. The lowest BCUT2D eigenvalue weighted by molar-refractivity contribution is -0.120. The van der Waals surface area contributed by atoms with Crippen LogP contribution in [0.15, 0.2) is 18.2 Å². The number of hydrogen-bond acceptors (Lipinski definition) is 5. The number of esters is 1. The van der Waals surface area contributed by atoms with Gasteiger partial charge in [-0.15, -0.1) is 0 Å². The zero-order valence-corrected chi connectivity index (χ0v) is 15.6. The van der Waals surface area contributed by atoms with Gasteiger partial charge in [-0.2, -0.15) is 0 Å². The quantitative estimate of drug-likeness (QED) is 0.800. The average Bonchev–Trinajstić information content (AvgIpc) is 2.56. The summed E-state index contributed by atoms with van der Waals surface area (Å²) in [6.07, 6.45) is 2.47. The fourth-order valence-corrected chi connectivity index (χ4v) is 3.75. The number of amides is 1. The van der Waals surface area contributed by atoms with Crippen molar-refractivity contribution in [3.63, 3.8) is 0 Å². The number of nitrogens with zero attached hydrogens (tertiary/aromatic N) is 1. The standard InChI is InChI=1S/C17H24N2O5S/c1-4-24-17(21)13-7-8-15(12(2)10-13)18-16(20)14-6-5-9-19(11-14)25(3,22)23/h7-8,10,14H,4-6,9,11H2,1-3H3,(H,18,20)/t14-/m1/s1. The summed E-state index contributed by atoms with van der Waals surface area (Å²) in [6.45, 7) is 4.49. The number of ether oxygens (including phenoxy) is 1. The van der Waals surface area contributed by atoms with Crippen molar-refractivity contribution in [2.24, 2.45) is 5.92 Å². The summed E-state index contributed by atoms with van der Waals surface area (Å²) in [7, 11) is -3.29. The zero-order valence-electron chi connectivity index (χ0n) is 14.7. The van der Waals surface area contributed by atoms with E-state index in [9.17, 15) is 18.0 Å². The molecule has 1 fully saturated rings. The Bertz CT molecular complexity index is 760. The summed E-state index contributed by atoms with van der Waals surface area (Å²) in [5, 5.41) is 2.84. The molecule has 1 amide bonds. The van der Waals surface area contributed by atoms with Gasteiger partial charge in [0, 0.05) is 18.8 Å². The predicted octanol–water partition coefficient (Wildman–Crippen LogP) is 1.78. The second kappa shape index (κ2) is 7.97. The Balaban J connectivity index is 2.06. The molecule has 2 rings (SSSR count). The van der Waals surface area contributed by atoms with Gasteiger partial charge in [-0.3, -0.25) is 4.79 Å². The molecule has 0 spiro atoms. The number of anilines is 1. The second-order valence-corrected chi connectivity index (χ2v) is 8.18. The first-order valence-corrected chi connectivity index (χ1v) is 10.1. The van der Waals surface area contributed by atoms with Crippen molar-refractivity contribution < 1.29 is 22.7 Å². The molecule has 1 aromatic carbocycles. The number of aryl methyl sites for hydroxylation is 1. The first-order valence-electron chi connectivity index (χ1n) is 8.26. The van der Waals surface area contributed by atoms with E-state index in [1.54, 1.807) is 32.0 Å². The minimum atomic E-state index is -3.29. The van der Waals surface area contributed by atoms with Crippen molar-refractivity contribution in [3.8, 4) is 0 Å². The Morgan fingerprint density at radius 2 is 2.08 bits per heavy atom. The number of sulfonamides is 1. The summed E-state index contributed by atoms with van der Waals surface area (Å²) >= 11 is 0. The van der Waals surface area contributed by atoms with E-state index in [4.69, 9.17) is 4.74 Å². The highest BCUT2D eigenvalue weighted by molar-refractivity contribution is 7.88. The number of rotatable bonds is 5. The van der Waals surface area contributed by atoms with Crippen molar-refractivity contribution >= 4 is 27.6 Å². The maximum absolute atomic E-state index is 12.5. The SMILES string of the molecule is CCOC(=O)c1ccc(NC(=O)[C@@H]2CCCN(S(C)(=O)=O)C2)c(C)c1. The van der Waals surface area contributed by atoms with Crippen molar-refractivity contribution in [3.05, 3.63) is 29.3 Å². The molecule has 0 aromatic heterocycles. The van der Waals surface area contributed by atoms with Crippen LogP contribution in [0.2, 0.25) is 0 Å². The molecule has 138 valence electrons. The fraction of sp³-hybridized carbons (Fsp3) is 0.529. The summed E-state index contributed by atoms with van der Waals surface area (Å²) in [5.41, 5.74) is 1.78. The molecule has 7 nitrogen and oxygen atoms in total. The lowest BCUT2D eigenvalue weighted by Crippen LogP contribution is -2.43. The van der Waals surface area contributed by atoms with Crippen LogP contribution in [0, 0.1) is 12.8 Å². The van der Waals surface area contributed by atoms with E-state index in [0.29, 0.717) is 37.2 Å². The van der Waals surface area contributed by atoms with Crippen molar-refractivity contribution in [1.29, 1.82) is 0 Å². The van der Waals surface area contributed by atoms with Crippen LogP contribution in [-0.2, 0) is 19.6 Å². The third-order valence-corrected chi connectivity index (χ3v) is 5.49. The molecule has 0 radical (unpaired) electrons. The van der Waals surface area contributed by atoms with Crippen molar-refractivity contribution in [2.45, 2.75) is 26.7 Å². The van der Waals surface area contributed by atoms with Gasteiger partial charge in [-0.1, -0.05) is 0 Å². The molecule has 0 bridgehead atoms. The molecule has 1 saturated heterocycles. The predicted molar refractivity (Wildman–Crippen MR) is 94.9 cm³/mol. The normalized spacial score (nSPS) is 18.6. The maximum atomic E-state index is 12.5. The third-order valence-electron chi connectivity index (χ3n) is 4.22. The van der Waals surface area contributed by atoms with Gasteiger partial charge in [-0.05, 0) is 50.5 Å². The van der Waals surface area contributed by atoms with Crippen molar-refractivity contribution in [1.82, 2.24) is 4.31 Å². The molecule has 1 heterocycles. The molecule has 1 atom stereocenters. The molecule has 0 unspecified atom stereocenters. The Morgan fingerprint density at radius 3 is 2.68 bits per heavy atom. The Labute approximate surface area is 148 Å². The van der Waals surface area contributed by atoms with E-state index >= 15 is 0 Å². The Kier molecular flexibility index (Phi) is 6.18. The van der Waals surface area contributed by atoms with Crippen LogP contribution in [0.1, 0.15) is 35.7 Å². The van der Waals surface area contributed by atoms with E-state index in [0.717, 1.165) is 11.8 Å². The van der Waals surface area contributed by atoms with E-state index in [1.165, 1.54) is 4.31 Å². The van der Waals surface area contributed by atoms with E-state index in [1.807, 2.05) is 0 Å². The van der Waals surface area contributed by atoms with Crippen LogP contribution >= 0.6 is 0 Å². The van der Waals surface area contributed by atoms with Gasteiger partial charge in [-0.25, -0.2) is 17.5 Å². The van der Waals surface area contributed by atoms with E-state index in [2.05, 4.69) is 5.32 Å². The molecule has 1 aromatic rings. The smallest absolute Gasteiger partial charge is 0.338 e. The molecule has 1 aliphatic rings. The van der Waals surface area contributed by atoms with Gasteiger partial charge in [0.1, 0.15) is 0 Å². The van der Waals surface area contributed by atoms with Crippen LogP contribution in [0.3, 0.4) is 0 Å². The topological polar surface area (TPSA) is 92.8 Å². The highest BCUT2D eigenvalue weighted by Crippen LogP contribution is 2.22. The van der Waals surface area contributed by atoms with Crippen LogP contribution in [-0.4, -0.2) is 50.6 Å². The third kappa shape index (κ3) is 5.02. The lowest BCUT2D eigenvalue weighted by atomic mass is 9.98. The van der Waals surface area contributed by atoms with Crippen LogP contribution in [0.25, 0.3) is 0 Å². The number of carbonyl (C=O) groups is 2. The monoisotopic (exact) mass is 368 g/mol. The van der Waals surface area contributed by atoms with Crippen LogP contribution in [0.5, 0.6) is 0 Å². The first-order chi connectivity index (χ1) is 11.7. The van der Waals surface area contributed by atoms with E-state index < -0.39 is 16.0 Å². The molecule has 1 aliphatic heterocycles. The summed E-state index contributed by atoms with van der Waals surface area (Å²) in [6, 6.07) is 4.93. The van der Waals surface area contributed by atoms with Gasteiger partial charge in [0.25, 0.3) is 0 Å². The number of benzene rings is 1. The molecule has 0 aliphatic carbocycles. The van der Waals surface area contributed by atoms with Gasteiger partial charge in [0.05, 0.1) is 24.3 Å². The fourth-order valence-electron chi connectivity index (χ4n) is 2.84. The van der Waals surface area contributed by atoms with Crippen LogP contribution in [0.4, 0.5) is 5.69 Å². The highest BCUT2D eigenvalue weighted by atomic mass is 32.2. The van der Waals surface area contributed by atoms with Crippen LogP contribution < -0.4 is 5.32 Å². The molecule has 0 saturated carbocycles. The summed E-state index contributed by atoms with van der Waals surface area (Å²) in [4.78, 5) is 24.2. The Morgan fingerprint density at radius 1 is 1.36 bits per heavy atom. The first kappa shape index (κ1) is 19.4. The van der Waals surface area contributed by atoms with Gasteiger partial charge >= 0.3 is 5.97 Å². The van der Waals surface area contributed by atoms with E-state index in [-0.39, 0.29) is 18.4 Å². The Hall–Kier alpha value is -1.93. The van der Waals surface area contributed by atoms with Crippen molar-refractivity contribution in [2.75, 3.05) is 31.3 Å². The molecule has 25 heavy (non-hydrogen) atoms. The number of hydrogen-bond donors (Lipinski definition) is 1. The molecular formula is C17H24N2O5S. The number of nitrogens with one attached hydrogen (secondary N) is 1. The minimum absolute atomic E-state index is 0.199. The van der Waals surface area contributed by atoms with Gasteiger partial charge in [0.2, 0.25) is 15.9 Å². The zero-order chi connectivity index (χ0) is 18.6. The van der Waals surface area contributed by atoms with Gasteiger partial charge < -0.3 is 10.1 Å². The molecular weight excluding hydrogens is 344 g/mol. The minimum Gasteiger partial charge on any atom is -0.462 e. The highest BCUT2D eigenvalue weighted by Gasteiger charge is 2.30. The lowest BCUT2D eigenvalue weighted by Gasteiger charge is -2.30. The molecule has 8 heteroatoms. The maximum Gasteiger partial charge on any atom is 0.338 e. The largest absolute Gasteiger partial charge is 0.462 e. The number of carbonyl (C=O) groups excluding carboxylic acids is 2.